The minimum absolute atomic E-state index is 0.295. The van der Waals surface area contributed by atoms with Crippen molar-refractivity contribution < 1.29 is 22.0 Å². The average Bonchev–Trinajstić information content (AvgIpc) is 2.62. The summed E-state index contributed by atoms with van der Waals surface area (Å²) < 4.78 is 36.2. The lowest BCUT2D eigenvalue weighted by Gasteiger charge is -2.21. The maximum atomic E-state index is 11.9. The Morgan fingerprint density at radius 2 is 2.05 bits per heavy atom. The van der Waals surface area contributed by atoms with E-state index in [2.05, 4.69) is 9.27 Å². The van der Waals surface area contributed by atoms with Crippen LogP contribution in [-0.2, 0) is 14.7 Å². The SMILES string of the molecule is O=C1N2CC(c3ccncc3)=CC(C2)N1OS(=O)(=O)[O-]. The number of hydrogen-bond acceptors (Lipinski definition) is 6. The third kappa shape index (κ3) is 2.38. The van der Waals surface area contributed by atoms with Gasteiger partial charge in [-0.3, -0.25) is 4.98 Å². The van der Waals surface area contributed by atoms with Crippen molar-refractivity contribution in [2.45, 2.75) is 6.04 Å². The van der Waals surface area contributed by atoms with Gasteiger partial charge in [0.05, 0.1) is 6.04 Å². The van der Waals surface area contributed by atoms with Crippen LogP contribution in [-0.4, -0.2) is 53.1 Å². The lowest BCUT2D eigenvalue weighted by atomic mass is 10.0. The summed E-state index contributed by atoms with van der Waals surface area (Å²) in [5.74, 6) is 0. The Hall–Kier alpha value is -1.97. The number of hydroxylamine groups is 2. The number of rotatable bonds is 3. The first-order chi connectivity index (χ1) is 9.44. The molecular formula is C11H10N3O5S-. The van der Waals surface area contributed by atoms with Gasteiger partial charge in [-0.05, 0) is 23.3 Å². The highest BCUT2D eigenvalue weighted by molar-refractivity contribution is 7.80. The van der Waals surface area contributed by atoms with E-state index in [0.717, 1.165) is 11.1 Å². The molecule has 20 heavy (non-hydrogen) atoms. The molecule has 2 amide bonds. The van der Waals surface area contributed by atoms with E-state index in [0.29, 0.717) is 18.2 Å². The molecule has 0 radical (unpaired) electrons. The summed E-state index contributed by atoms with van der Waals surface area (Å²) >= 11 is 0. The number of pyridine rings is 1. The van der Waals surface area contributed by atoms with E-state index in [9.17, 15) is 17.8 Å². The lowest BCUT2D eigenvalue weighted by molar-refractivity contribution is -0.0195. The second-order valence-corrected chi connectivity index (χ2v) is 5.43. The van der Waals surface area contributed by atoms with Gasteiger partial charge in [0, 0.05) is 25.5 Å². The van der Waals surface area contributed by atoms with Crippen LogP contribution in [0.25, 0.3) is 5.57 Å². The molecule has 9 heteroatoms. The lowest BCUT2D eigenvalue weighted by Crippen LogP contribution is -2.35. The number of carbonyl (C=O) groups is 1. The van der Waals surface area contributed by atoms with Crippen LogP contribution in [0, 0.1) is 0 Å². The van der Waals surface area contributed by atoms with Gasteiger partial charge in [0.2, 0.25) is 10.4 Å². The molecule has 2 aliphatic rings. The molecule has 2 bridgehead atoms. The van der Waals surface area contributed by atoms with E-state index in [4.69, 9.17) is 0 Å². The molecule has 1 aromatic rings. The number of nitrogens with zero attached hydrogens (tertiary/aromatic N) is 3. The van der Waals surface area contributed by atoms with Crippen molar-refractivity contribution in [1.29, 1.82) is 0 Å². The molecule has 1 fully saturated rings. The molecule has 0 aliphatic carbocycles. The minimum Gasteiger partial charge on any atom is -0.724 e. The molecule has 1 aromatic heterocycles. The Morgan fingerprint density at radius 1 is 1.35 bits per heavy atom. The van der Waals surface area contributed by atoms with Gasteiger partial charge in [-0.25, -0.2) is 13.2 Å². The van der Waals surface area contributed by atoms with Gasteiger partial charge in [-0.1, -0.05) is 6.08 Å². The van der Waals surface area contributed by atoms with Crippen LogP contribution < -0.4 is 0 Å². The number of fused-ring (bicyclic) bond motifs is 2. The van der Waals surface area contributed by atoms with Crippen molar-refractivity contribution in [2.75, 3.05) is 13.1 Å². The number of urea groups is 1. The van der Waals surface area contributed by atoms with Crippen LogP contribution >= 0.6 is 0 Å². The van der Waals surface area contributed by atoms with Crippen LogP contribution in [0.2, 0.25) is 0 Å². The van der Waals surface area contributed by atoms with Crippen LogP contribution in [0.4, 0.5) is 4.79 Å². The highest BCUT2D eigenvalue weighted by atomic mass is 32.3. The molecule has 0 saturated carbocycles. The molecule has 3 heterocycles. The molecular weight excluding hydrogens is 286 g/mol. The summed E-state index contributed by atoms with van der Waals surface area (Å²) in [6.45, 7) is 0.626. The first-order valence-electron chi connectivity index (χ1n) is 5.79. The molecule has 1 atom stereocenters. The zero-order chi connectivity index (χ0) is 14.3. The van der Waals surface area contributed by atoms with Crippen LogP contribution in [0.1, 0.15) is 5.56 Å². The fourth-order valence-corrected chi connectivity index (χ4v) is 2.71. The first kappa shape index (κ1) is 13.0. The molecule has 1 saturated heterocycles. The van der Waals surface area contributed by atoms with Gasteiger partial charge in [-0.2, -0.15) is 9.35 Å². The van der Waals surface area contributed by atoms with Crippen LogP contribution in [0.3, 0.4) is 0 Å². The quantitative estimate of drug-likeness (QED) is 0.573. The standard InChI is InChI=1S/C11H11N3O5S/c15-11-13-6-9(8-1-3-12-4-2-8)5-10(7-13)14(11)19-20(16,17)18/h1-5,10H,6-7H2,(H,16,17,18)/p-1. The smallest absolute Gasteiger partial charge is 0.346 e. The normalized spacial score (nSPS) is 22.1. The van der Waals surface area contributed by atoms with Gasteiger partial charge in [0.1, 0.15) is 0 Å². The summed E-state index contributed by atoms with van der Waals surface area (Å²) in [7, 11) is -4.97. The van der Waals surface area contributed by atoms with E-state index in [1.54, 1.807) is 30.6 Å². The van der Waals surface area contributed by atoms with Crippen molar-refractivity contribution in [1.82, 2.24) is 14.9 Å². The van der Waals surface area contributed by atoms with E-state index in [1.807, 2.05) is 0 Å². The molecule has 0 aromatic carbocycles. The molecule has 0 spiro atoms. The monoisotopic (exact) mass is 296 g/mol. The predicted octanol–water partition coefficient (Wildman–Crippen LogP) is -0.0234. The summed E-state index contributed by atoms with van der Waals surface area (Å²) in [6.07, 6.45) is 4.97. The number of carbonyl (C=O) groups excluding carboxylic acids is 1. The van der Waals surface area contributed by atoms with Gasteiger partial charge in [0.25, 0.3) is 0 Å². The maximum absolute atomic E-state index is 11.9. The van der Waals surface area contributed by atoms with Gasteiger partial charge in [0.15, 0.2) is 0 Å². The van der Waals surface area contributed by atoms with E-state index >= 15 is 0 Å². The highest BCUT2D eigenvalue weighted by Crippen LogP contribution is 2.29. The Morgan fingerprint density at radius 3 is 2.70 bits per heavy atom. The summed E-state index contributed by atoms with van der Waals surface area (Å²) in [6, 6.07) is 2.35. The molecule has 8 nitrogen and oxygen atoms in total. The van der Waals surface area contributed by atoms with Gasteiger partial charge < -0.3 is 9.45 Å². The van der Waals surface area contributed by atoms with Crippen molar-refractivity contribution >= 4 is 22.0 Å². The topological polar surface area (TPSA) is 103 Å². The summed E-state index contributed by atoms with van der Waals surface area (Å²) in [5.41, 5.74) is 1.74. The summed E-state index contributed by atoms with van der Waals surface area (Å²) in [4.78, 5) is 17.3. The Kier molecular flexibility index (Phi) is 2.96. The Bertz CT molecular complexity index is 673. The third-order valence-electron chi connectivity index (χ3n) is 3.15. The predicted molar refractivity (Wildman–Crippen MR) is 65.6 cm³/mol. The largest absolute Gasteiger partial charge is 0.724 e. The second kappa shape index (κ2) is 4.54. The zero-order valence-corrected chi connectivity index (χ0v) is 11.0. The molecule has 106 valence electrons. The van der Waals surface area contributed by atoms with Crippen LogP contribution in [0.15, 0.2) is 30.6 Å². The highest BCUT2D eigenvalue weighted by Gasteiger charge is 2.42. The number of hydrogen-bond donors (Lipinski definition) is 0. The Labute approximate surface area is 115 Å². The maximum Gasteiger partial charge on any atom is 0.346 e. The molecule has 1 unspecified atom stereocenters. The number of aromatic nitrogens is 1. The second-order valence-electron chi connectivity index (χ2n) is 4.47. The molecule has 0 N–H and O–H groups in total. The fraction of sp³-hybridized carbons (Fsp3) is 0.273. The van der Waals surface area contributed by atoms with Crippen molar-refractivity contribution in [3.05, 3.63) is 36.2 Å². The zero-order valence-electron chi connectivity index (χ0n) is 10.2. The fourth-order valence-electron chi connectivity index (χ4n) is 2.34. The summed E-state index contributed by atoms with van der Waals surface area (Å²) in [5, 5.41) is 0.608. The molecule has 2 aliphatic heterocycles. The third-order valence-corrected chi connectivity index (χ3v) is 3.49. The molecule has 3 rings (SSSR count). The number of amides is 2. The van der Waals surface area contributed by atoms with Crippen molar-refractivity contribution in [3.63, 3.8) is 0 Å². The van der Waals surface area contributed by atoms with E-state index in [-0.39, 0.29) is 0 Å². The van der Waals surface area contributed by atoms with Crippen LogP contribution in [0.5, 0.6) is 0 Å². The van der Waals surface area contributed by atoms with Crippen molar-refractivity contribution in [3.8, 4) is 0 Å². The minimum atomic E-state index is -4.97. The van der Waals surface area contributed by atoms with Gasteiger partial charge >= 0.3 is 6.03 Å². The van der Waals surface area contributed by atoms with E-state index < -0.39 is 22.5 Å². The first-order valence-corrected chi connectivity index (χ1v) is 7.12. The van der Waals surface area contributed by atoms with E-state index in [1.165, 1.54) is 4.90 Å². The van der Waals surface area contributed by atoms with Gasteiger partial charge in [-0.15, -0.1) is 0 Å². The average molecular weight is 296 g/mol. The van der Waals surface area contributed by atoms with Crippen molar-refractivity contribution in [2.24, 2.45) is 0 Å². The Balaban J connectivity index is 1.91.